The molecule has 0 bridgehead atoms. The summed E-state index contributed by atoms with van der Waals surface area (Å²) in [7, 11) is 0. The average Bonchev–Trinajstić information content (AvgIpc) is 3.36. The SMILES string of the molecule is C[C@H](NC(=O)[C@H]1C[C@H](c2ccccc2)CN1)C(=O)N[C@@H]1CCc2nc(N)ccc21.Cl. The Bertz CT molecular complexity index is 908. The van der Waals surface area contributed by atoms with Crippen molar-refractivity contribution < 1.29 is 9.59 Å². The van der Waals surface area contributed by atoms with Crippen LogP contribution in [0.25, 0.3) is 0 Å². The van der Waals surface area contributed by atoms with Crippen LogP contribution in [-0.2, 0) is 16.0 Å². The number of hydrogen-bond donors (Lipinski definition) is 4. The third-order valence-electron chi connectivity index (χ3n) is 5.86. The van der Waals surface area contributed by atoms with Gasteiger partial charge in [-0.2, -0.15) is 0 Å². The van der Waals surface area contributed by atoms with Crippen LogP contribution in [0.5, 0.6) is 0 Å². The van der Waals surface area contributed by atoms with E-state index in [-0.39, 0.29) is 36.3 Å². The average molecular weight is 430 g/mol. The molecule has 4 atom stereocenters. The number of nitrogen functional groups attached to an aromatic ring is 1. The molecule has 1 aliphatic carbocycles. The summed E-state index contributed by atoms with van der Waals surface area (Å²) in [6.45, 7) is 2.48. The molecule has 0 radical (unpaired) electrons. The number of amides is 2. The fourth-order valence-corrected chi connectivity index (χ4v) is 4.22. The number of carbonyl (C=O) groups excluding carboxylic acids is 2. The van der Waals surface area contributed by atoms with Gasteiger partial charge in [-0.3, -0.25) is 9.59 Å². The largest absolute Gasteiger partial charge is 0.384 e. The minimum atomic E-state index is -0.606. The van der Waals surface area contributed by atoms with E-state index >= 15 is 0 Å². The Balaban J connectivity index is 0.00000256. The predicted octanol–water partition coefficient (Wildman–Crippen LogP) is 1.84. The standard InChI is InChI=1S/C22H27N5O2.ClH/c1-13(21(28)27-18-9-8-17-16(18)7-10-20(23)26-17)25-22(29)19-11-15(12-24-19)14-5-3-2-4-6-14;/h2-7,10,13,15,18-19,24H,8-9,11-12H2,1H3,(H2,23,26)(H,25,29)(H,27,28);1H/t13-,15-,18+,19+;/m0./s1. The molecule has 2 heterocycles. The number of benzene rings is 1. The molecule has 160 valence electrons. The number of aromatic nitrogens is 1. The van der Waals surface area contributed by atoms with Gasteiger partial charge in [-0.1, -0.05) is 36.4 Å². The lowest BCUT2D eigenvalue weighted by molar-refractivity contribution is -0.129. The van der Waals surface area contributed by atoms with Crippen LogP contribution >= 0.6 is 12.4 Å². The molecule has 30 heavy (non-hydrogen) atoms. The van der Waals surface area contributed by atoms with Crippen LogP contribution in [-0.4, -0.2) is 35.4 Å². The number of nitrogens with two attached hydrogens (primary N) is 1. The second-order valence-corrected chi connectivity index (χ2v) is 7.91. The van der Waals surface area contributed by atoms with Crippen LogP contribution in [0.15, 0.2) is 42.5 Å². The molecule has 4 rings (SSSR count). The first-order valence-corrected chi connectivity index (χ1v) is 10.2. The van der Waals surface area contributed by atoms with Gasteiger partial charge in [0.25, 0.3) is 0 Å². The van der Waals surface area contributed by atoms with E-state index in [9.17, 15) is 9.59 Å². The fourth-order valence-electron chi connectivity index (χ4n) is 4.22. The van der Waals surface area contributed by atoms with Gasteiger partial charge in [0.15, 0.2) is 0 Å². The lowest BCUT2D eigenvalue weighted by atomic mass is 9.96. The third-order valence-corrected chi connectivity index (χ3v) is 5.86. The van der Waals surface area contributed by atoms with Crippen molar-refractivity contribution in [3.63, 3.8) is 0 Å². The van der Waals surface area contributed by atoms with E-state index in [1.807, 2.05) is 24.3 Å². The number of pyridine rings is 1. The Morgan fingerprint density at radius 1 is 1.20 bits per heavy atom. The van der Waals surface area contributed by atoms with Crippen LogP contribution < -0.4 is 21.7 Å². The summed E-state index contributed by atoms with van der Waals surface area (Å²) in [4.78, 5) is 29.6. The smallest absolute Gasteiger partial charge is 0.242 e. The quantitative estimate of drug-likeness (QED) is 0.579. The molecule has 1 saturated heterocycles. The minimum Gasteiger partial charge on any atom is -0.384 e. The molecule has 2 amide bonds. The lowest BCUT2D eigenvalue weighted by Gasteiger charge is -2.20. The third kappa shape index (κ3) is 4.74. The highest BCUT2D eigenvalue weighted by molar-refractivity contribution is 5.90. The van der Waals surface area contributed by atoms with Crippen molar-refractivity contribution in [2.45, 2.75) is 50.2 Å². The fraction of sp³-hybridized carbons (Fsp3) is 0.409. The maximum Gasteiger partial charge on any atom is 0.242 e. The zero-order valence-electron chi connectivity index (χ0n) is 16.9. The first kappa shape index (κ1) is 22.1. The summed E-state index contributed by atoms with van der Waals surface area (Å²) in [6, 6.07) is 12.9. The van der Waals surface area contributed by atoms with E-state index in [1.165, 1.54) is 5.56 Å². The van der Waals surface area contributed by atoms with E-state index < -0.39 is 6.04 Å². The van der Waals surface area contributed by atoms with Crippen molar-refractivity contribution in [2.24, 2.45) is 0 Å². The van der Waals surface area contributed by atoms with Crippen LogP contribution in [0.4, 0.5) is 5.82 Å². The van der Waals surface area contributed by atoms with Crippen LogP contribution in [0, 0.1) is 0 Å². The van der Waals surface area contributed by atoms with Gasteiger partial charge in [-0.25, -0.2) is 4.98 Å². The number of fused-ring (bicyclic) bond motifs is 1. The van der Waals surface area contributed by atoms with Gasteiger partial charge in [0.1, 0.15) is 11.9 Å². The molecule has 0 spiro atoms. The number of hydrogen-bond acceptors (Lipinski definition) is 5. The summed E-state index contributed by atoms with van der Waals surface area (Å²) in [5.41, 5.74) is 8.91. The van der Waals surface area contributed by atoms with Crippen molar-refractivity contribution in [3.05, 3.63) is 59.3 Å². The molecule has 1 aromatic carbocycles. The van der Waals surface area contributed by atoms with E-state index in [4.69, 9.17) is 5.73 Å². The zero-order valence-corrected chi connectivity index (χ0v) is 17.7. The Morgan fingerprint density at radius 2 is 1.97 bits per heavy atom. The number of nitrogens with zero attached hydrogens (tertiary/aromatic N) is 1. The molecule has 8 heteroatoms. The summed E-state index contributed by atoms with van der Waals surface area (Å²) in [5, 5.41) is 9.16. The number of rotatable bonds is 5. The molecule has 7 nitrogen and oxygen atoms in total. The first-order valence-electron chi connectivity index (χ1n) is 10.2. The number of nitrogens with one attached hydrogen (secondary N) is 3. The summed E-state index contributed by atoms with van der Waals surface area (Å²) >= 11 is 0. The van der Waals surface area contributed by atoms with E-state index in [2.05, 4.69) is 33.1 Å². The van der Waals surface area contributed by atoms with Gasteiger partial charge in [-0.15, -0.1) is 12.4 Å². The van der Waals surface area contributed by atoms with Crippen molar-refractivity contribution in [3.8, 4) is 0 Å². The topological polar surface area (TPSA) is 109 Å². The highest BCUT2D eigenvalue weighted by atomic mass is 35.5. The van der Waals surface area contributed by atoms with Gasteiger partial charge in [0, 0.05) is 12.2 Å². The Labute approximate surface area is 182 Å². The summed E-state index contributed by atoms with van der Waals surface area (Å²) in [6.07, 6.45) is 2.31. The molecule has 0 saturated carbocycles. The molecule has 1 aromatic heterocycles. The van der Waals surface area contributed by atoms with Crippen molar-refractivity contribution >= 4 is 30.0 Å². The van der Waals surface area contributed by atoms with Crippen molar-refractivity contribution in [2.75, 3.05) is 12.3 Å². The van der Waals surface area contributed by atoms with Gasteiger partial charge in [-0.05, 0) is 49.3 Å². The highest BCUT2D eigenvalue weighted by Gasteiger charge is 2.32. The Kier molecular flexibility index (Phi) is 6.95. The normalized spacial score (nSPS) is 23.2. The maximum atomic E-state index is 12.6. The van der Waals surface area contributed by atoms with Gasteiger partial charge < -0.3 is 21.7 Å². The Hall–Kier alpha value is -2.64. The first-order chi connectivity index (χ1) is 14.0. The van der Waals surface area contributed by atoms with Crippen molar-refractivity contribution in [1.82, 2.24) is 20.9 Å². The minimum absolute atomic E-state index is 0. The molecule has 1 aliphatic heterocycles. The molecular formula is C22H28ClN5O2. The molecule has 0 unspecified atom stereocenters. The Morgan fingerprint density at radius 3 is 2.73 bits per heavy atom. The molecular weight excluding hydrogens is 402 g/mol. The molecule has 2 aliphatic rings. The van der Waals surface area contributed by atoms with Gasteiger partial charge >= 0.3 is 0 Å². The van der Waals surface area contributed by atoms with Crippen molar-refractivity contribution in [1.29, 1.82) is 0 Å². The monoisotopic (exact) mass is 429 g/mol. The predicted molar refractivity (Wildman–Crippen MR) is 118 cm³/mol. The second kappa shape index (κ2) is 9.45. The number of anilines is 1. The summed E-state index contributed by atoms with van der Waals surface area (Å²) in [5.74, 6) is 0.484. The lowest BCUT2D eigenvalue weighted by Crippen LogP contribution is -2.50. The summed E-state index contributed by atoms with van der Waals surface area (Å²) < 4.78 is 0. The maximum absolute atomic E-state index is 12.6. The van der Waals surface area contributed by atoms with E-state index in [1.54, 1.807) is 13.0 Å². The van der Waals surface area contributed by atoms with Crippen LogP contribution in [0.2, 0.25) is 0 Å². The van der Waals surface area contributed by atoms with Gasteiger partial charge in [0.2, 0.25) is 11.8 Å². The molecule has 5 N–H and O–H groups in total. The zero-order chi connectivity index (χ0) is 20.4. The molecule has 1 fully saturated rings. The number of carbonyl (C=O) groups is 2. The van der Waals surface area contributed by atoms with E-state index in [0.717, 1.165) is 37.1 Å². The highest BCUT2D eigenvalue weighted by Crippen LogP contribution is 2.30. The second-order valence-electron chi connectivity index (χ2n) is 7.91. The van der Waals surface area contributed by atoms with E-state index in [0.29, 0.717) is 11.7 Å². The van der Waals surface area contributed by atoms with Crippen LogP contribution in [0.1, 0.15) is 48.5 Å². The van der Waals surface area contributed by atoms with Gasteiger partial charge in [0.05, 0.1) is 12.1 Å². The molecule has 2 aromatic rings. The number of halogens is 1. The van der Waals surface area contributed by atoms with Crippen LogP contribution in [0.3, 0.4) is 0 Å². The number of aryl methyl sites for hydroxylation is 1.